The summed E-state index contributed by atoms with van der Waals surface area (Å²) in [6, 6.07) is 8.98. The molecule has 0 radical (unpaired) electrons. The van der Waals surface area contributed by atoms with Crippen LogP contribution >= 0.6 is 39.1 Å². The molecule has 10 heteroatoms. The van der Waals surface area contributed by atoms with Gasteiger partial charge in [0.2, 0.25) is 10.0 Å². The first-order chi connectivity index (χ1) is 11.7. The minimum atomic E-state index is -3.74. The third-order valence-electron chi connectivity index (χ3n) is 3.05. The number of hydrogen-bond donors (Lipinski definition) is 2. The van der Waals surface area contributed by atoms with Crippen molar-refractivity contribution in [1.82, 2.24) is 5.32 Å². The molecule has 6 nitrogen and oxygen atoms in total. The highest BCUT2D eigenvalue weighted by molar-refractivity contribution is 9.10. The van der Waals surface area contributed by atoms with Crippen molar-refractivity contribution in [3.8, 4) is 5.75 Å². The predicted molar refractivity (Wildman–Crippen MR) is 99.3 cm³/mol. The molecule has 0 spiro atoms. The molecule has 2 aromatic rings. The zero-order valence-electron chi connectivity index (χ0n) is 12.6. The van der Waals surface area contributed by atoms with Crippen molar-refractivity contribution >= 4 is 55.1 Å². The number of nitrogens with one attached hydrogen (secondary N) is 1. The van der Waals surface area contributed by atoms with Crippen molar-refractivity contribution in [2.24, 2.45) is 5.14 Å². The van der Waals surface area contributed by atoms with Crippen LogP contribution in [0.15, 0.2) is 45.8 Å². The summed E-state index contributed by atoms with van der Waals surface area (Å²) in [5.41, 5.74) is 0.714. The molecule has 0 saturated carbocycles. The van der Waals surface area contributed by atoms with E-state index >= 15 is 0 Å². The third-order valence-corrected chi connectivity index (χ3v) is 5.07. The van der Waals surface area contributed by atoms with Gasteiger partial charge in [-0.25, -0.2) is 13.6 Å². The SMILES string of the molecule is NS(=O)(=O)c1ccc(CNC(=O)COc2c(Cl)cc(Cl)cc2Br)cc1. The monoisotopic (exact) mass is 466 g/mol. The first kappa shape index (κ1) is 20.0. The second-order valence-electron chi connectivity index (χ2n) is 4.95. The average Bonchev–Trinajstić information content (AvgIpc) is 2.51. The van der Waals surface area contributed by atoms with Crippen molar-refractivity contribution in [3.63, 3.8) is 0 Å². The summed E-state index contributed by atoms with van der Waals surface area (Å²) in [5, 5.41) is 8.39. The molecule has 1 amide bonds. The number of rotatable bonds is 6. The van der Waals surface area contributed by atoms with Crippen LogP contribution in [0.2, 0.25) is 10.0 Å². The zero-order chi connectivity index (χ0) is 18.6. The maximum atomic E-state index is 11.9. The molecule has 2 aromatic carbocycles. The quantitative estimate of drug-likeness (QED) is 0.681. The van der Waals surface area contributed by atoms with Crippen molar-refractivity contribution in [1.29, 1.82) is 0 Å². The van der Waals surface area contributed by atoms with Gasteiger partial charge in [-0.05, 0) is 45.8 Å². The summed E-state index contributed by atoms with van der Waals surface area (Å²) in [4.78, 5) is 11.9. The van der Waals surface area contributed by atoms with Crippen LogP contribution in [-0.2, 0) is 21.4 Å². The third kappa shape index (κ3) is 5.86. The van der Waals surface area contributed by atoms with Gasteiger partial charge in [-0.2, -0.15) is 0 Å². The van der Waals surface area contributed by atoms with E-state index in [1.807, 2.05) is 0 Å². The topological polar surface area (TPSA) is 98.5 Å². The van der Waals surface area contributed by atoms with E-state index in [4.69, 9.17) is 33.1 Å². The lowest BCUT2D eigenvalue weighted by Gasteiger charge is -2.11. The number of primary sulfonamides is 1. The van der Waals surface area contributed by atoms with Gasteiger partial charge in [-0.1, -0.05) is 35.3 Å². The van der Waals surface area contributed by atoms with E-state index in [0.717, 1.165) is 0 Å². The van der Waals surface area contributed by atoms with E-state index < -0.39 is 10.0 Å². The number of ether oxygens (including phenoxy) is 1. The number of carbonyl (C=O) groups excluding carboxylic acids is 1. The van der Waals surface area contributed by atoms with Crippen LogP contribution < -0.4 is 15.2 Å². The fourth-order valence-corrected chi connectivity index (χ4v) is 3.74. The van der Waals surface area contributed by atoms with Crippen LogP contribution in [0.4, 0.5) is 0 Å². The Balaban J connectivity index is 1.89. The molecule has 0 aromatic heterocycles. The predicted octanol–water partition coefficient (Wildman–Crippen LogP) is 3.10. The van der Waals surface area contributed by atoms with Gasteiger partial charge in [0.15, 0.2) is 12.4 Å². The first-order valence-corrected chi connectivity index (χ1v) is 9.92. The summed E-state index contributed by atoms with van der Waals surface area (Å²) >= 11 is 15.1. The van der Waals surface area contributed by atoms with Crippen LogP contribution in [0.1, 0.15) is 5.56 Å². The summed E-state index contributed by atoms with van der Waals surface area (Å²) in [7, 11) is -3.74. The van der Waals surface area contributed by atoms with Crippen molar-refractivity contribution in [3.05, 3.63) is 56.5 Å². The number of amides is 1. The van der Waals surface area contributed by atoms with E-state index in [2.05, 4.69) is 21.2 Å². The average molecular weight is 468 g/mol. The number of halogens is 3. The van der Waals surface area contributed by atoms with E-state index in [1.54, 1.807) is 18.2 Å². The maximum Gasteiger partial charge on any atom is 0.258 e. The molecular weight excluding hydrogens is 455 g/mol. The van der Waals surface area contributed by atoms with Crippen molar-refractivity contribution in [2.75, 3.05) is 6.61 Å². The molecule has 0 unspecified atom stereocenters. The van der Waals surface area contributed by atoms with Crippen molar-refractivity contribution in [2.45, 2.75) is 11.4 Å². The Morgan fingerprint density at radius 1 is 1.20 bits per heavy atom. The van der Waals surface area contributed by atoms with E-state index in [-0.39, 0.29) is 29.0 Å². The van der Waals surface area contributed by atoms with Crippen LogP contribution in [-0.4, -0.2) is 20.9 Å². The van der Waals surface area contributed by atoms with Crippen LogP contribution in [0.25, 0.3) is 0 Å². The molecule has 0 aliphatic carbocycles. The molecule has 0 fully saturated rings. The number of hydrogen-bond acceptors (Lipinski definition) is 4. The van der Waals surface area contributed by atoms with Gasteiger partial charge in [0, 0.05) is 11.6 Å². The Morgan fingerprint density at radius 3 is 2.40 bits per heavy atom. The summed E-state index contributed by atoms with van der Waals surface area (Å²) in [5.74, 6) is -0.0489. The molecule has 0 bridgehead atoms. The minimum absolute atomic E-state index is 0.00754. The first-order valence-electron chi connectivity index (χ1n) is 6.82. The Labute approximate surface area is 163 Å². The molecule has 0 aliphatic heterocycles. The van der Waals surface area contributed by atoms with E-state index in [9.17, 15) is 13.2 Å². The highest BCUT2D eigenvalue weighted by atomic mass is 79.9. The Bertz CT molecular complexity index is 866. The van der Waals surface area contributed by atoms with Crippen LogP contribution in [0, 0.1) is 0 Å². The lowest BCUT2D eigenvalue weighted by atomic mass is 10.2. The van der Waals surface area contributed by atoms with Gasteiger partial charge >= 0.3 is 0 Å². The second-order valence-corrected chi connectivity index (χ2v) is 8.21. The minimum Gasteiger partial charge on any atom is -0.481 e. The number of sulfonamides is 1. The van der Waals surface area contributed by atoms with E-state index in [1.165, 1.54) is 18.2 Å². The highest BCUT2D eigenvalue weighted by Gasteiger charge is 2.11. The maximum absolute atomic E-state index is 11.9. The highest BCUT2D eigenvalue weighted by Crippen LogP contribution is 2.35. The number of carbonyl (C=O) groups is 1. The molecule has 3 N–H and O–H groups in total. The van der Waals surface area contributed by atoms with Gasteiger partial charge in [0.25, 0.3) is 5.91 Å². The Hall–Kier alpha value is -1.32. The lowest BCUT2D eigenvalue weighted by molar-refractivity contribution is -0.123. The molecule has 0 atom stereocenters. The van der Waals surface area contributed by atoms with E-state index in [0.29, 0.717) is 20.8 Å². The largest absolute Gasteiger partial charge is 0.481 e. The van der Waals surface area contributed by atoms with Gasteiger partial charge in [-0.15, -0.1) is 0 Å². The fraction of sp³-hybridized carbons (Fsp3) is 0.133. The summed E-state index contributed by atoms with van der Waals surface area (Å²) < 4.78 is 28.3. The molecule has 2 rings (SSSR count). The smallest absolute Gasteiger partial charge is 0.258 e. The number of benzene rings is 2. The van der Waals surface area contributed by atoms with Crippen molar-refractivity contribution < 1.29 is 17.9 Å². The van der Waals surface area contributed by atoms with Crippen LogP contribution in [0.3, 0.4) is 0 Å². The fourth-order valence-electron chi connectivity index (χ4n) is 1.85. The van der Waals surface area contributed by atoms with Gasteiger partial charge in [0.1, 0.15) is 0 Å². The molecule has 134 valence electrons. The van der Waals surface area contributed by atoms with Gasteiger partial charge < -0.3 is 10.1 Å². The second kappa shape index (κ2) is 8.37. The molecule has 0 saturated heterocycles. The Morgan fingerprint density at radius 2 is 1.84 bits per heavy atom. The van der Waals surface area contributed by atoms with Gasteiger partial charge in [-0.3, -0.25) is 4.79 Å². The molecule has 0 heterocycles. The summed E-state index contributed by atoms with van der Waals surface area (Å²) in [6.45, 7) is -0.0299. The zero-order valence-corrected chi connectivity index (χ0v) is 16.5. The molecular formula is C15H13BrCl2N2O4S. The Kier molecular flexibility index (Phi) is 6.70. The van der Waals surface area contributed by atoms with Gasteiger partial charge in [0.05, 0.1) is 14.4 Å². The van der Waals surface area contributed by atoms with Crippen LogP contribution in [0.5, 0.6) is 5.75 Å². The molecule has 25 heavy (non-hydrogen) atoms. The number of nitrogens with two attached hydrogens (primary N) is 1. The molecule has 0 aliphatic rings. The normalized spacial score (nSPS) is 11.2. The summed E-state index contributed by atoms with van der Waals surface area (Å²) in [6.07, 6.45) is 0. The standard InChI is InChI=1S/C15H13BrCl2N2O4S/c16-12-5-10(17)6-13(18)15(12)24-8-14(21)20-7-9-1-3-11(4-2-9)25(19,22)23/h1-6H,7-8H2,(H,20,21)(H2,19,22,23). The lowest BCUT2D eigenvalue weighted by Crippen LogP contribution is -2.28.